The highest BCUT2D eigenvalue weighted by atomic mass is 32.2. The van der Waals surface area contributed by atoms with Gasteiger partial charge < -0.3 is 9.80 Å². The molecule has 1 saturated carbocycles. The van der Waals surface area contributed by atoms with Gasteiger partial charge in [-0.15, -0.1) is 0 Å². The average molecular weight is 552 g/mol. The molecule has 40 heavy (non-hydrogen) atoms. The Morgan fingerprint density at radius 1 is 0.675 bits per heavy atom. The second-order valence-corrected chi connectivity index (χ2v) is 13.4. The van der Waals surface area contributed by atoms with Gasteiger partial charge in [0.25, 0.3) is 0 Å². The molecule has 3 aromatic carbocycles. The van der Waals surface area contributed by atoms with Crippen LogP contribution >= 0.6 is 0 Å². The summed E-state index contributed by atoms with van der Waals surface area (Å²) in [7, 11) is -1.14. The number of nitriles is 1. The minimum atomic E-state index is -1.14. The zero-order valence-electron chi connectivity index (χ0n) is 23.5. The standard InChI is InChI=1S/C35H41N3OS/c36-27-35(29-11-7-8-12-29,28-9-3-1-4-10-28)30-19-23-37(24-20-30)32-21-25-38(26-22-32)31-15-17-34(18-16-31)40(39)33-13-5-2-6-14-33/h1-6,9-10,13-18,29-30,32H,7-8,11-12,19-26H2. The molecule has 1 aliphatic carbocycles. The maximum absolute atomic E-state index is 12.9. The third-order valence-electron chi connectivity index (χ3n) is 9.96. The number of rotatable bonds is 7. The summed E-state index contributed by atoms with van der Waals surface area (Å²) in [6.45, 7) is 4.33. The average Bonchev–Trinajstić information content (AvgIpc) is 3.58. The van der Waals surface area contributed by atoms with Crippen molar-refractivity contribution in [3.8, 4) is 6.07 Å². The lowest BCUT2D eigenvalue weighted by Gasteiger charge is -2.47. The SMILES string of the molecule is N#CC(c1ccccc1)(C1CCCC1)C1CCN(C2CCN(c3ccc(S(=O)c4ccccc4)cc3)CC2)CC1. The van der Waals surface area contributed by atoms with Crippen LogP contribution in [0.2, 0.25) is 0 Å². The van der Waals surface area contributed by atoms with Crippen molar-refractivity contribution in [1.29, 1.82) is 5.26 Å². The molecule has 0 spiro atoms. The summed E-state index contributed by atoms with van der Waals surface area (Å²) >= 11 is 0. The Balaban J connectivity index is 1.06. The van der Waals surface area contributed by atoms with Crippen molar-refractivity contribution in [2.45, 2.75) is 72.6 Å². The molecule has 0 radical (unpaired) electrons. The molecular weight excluding hydrogens is 510 g/mol. The van der Waals surface area contributed by atoms with Gasteiger partial charge in [0.1, 0.15) is 0 Å². The molecule has 208 valence electrons. The molecule has 2 aliphatic heterocycles. The molecule has 3 aromatic rings. The number of anilines is 1. The van der Waals surface area contributed by atoms with Crippen molar-refractivity contribution >= 4 is 16.5 Å². The van der Waals surface area contributed by atoms with Gasteiger partial charge in [-0.2, -0.15) is 5.26 Å². The van der Waals surface area contributed by atoms with E-state index >= 15 is 0 Å². The monoisotopic (exact) mass is 551 g/mol. The van der Waals surface area contributed by atoms with Crippen LogP contribution in [0.4, 0.5) is 5.69 Å². The second kappa shape index (κ2) is 12.3. The van der Waals surface area contributed by atoms with E-state index in [4.69, 9.17) is 0 Å². The van der Waals surface area contributed by atoms with Gasteiger partial charge in [-0.05, 0) is 105 Å². The van der Waals surface area contributed by atoms with Crippen LogP contribution < -0.4 is 4.90 Å². The minimum Gasteiger partial charge on any atom is -0.371 e. The van der Waals surface area contributed by atoms with Crippen LogP contribution in [-0.4, -0.2) is 41.3 Å². The normalized spacial score (nSPS) is 22.0. The van der Waals surface area contributed by atoms with Crippen molar-refractivity contribution in [3.63, 3.8) is 0 Å². The second-order valence-electron chi connectivity index (χ2n) is 11.9. The first-order valence-corrected chi connectivity index (χ1v) is 16.4. The molecule has 6 rings (SSSR count). The van der Waals surface area contributed by atoms with E-state index in [1.165, 1.54) is 49.8 Å². The topological polar surface area (TPSA) is 47.3 Å². The van der Waals surface area contributed by atoms with E-state index in [-0.39, 0.29) is 5.41 Å². The quantitative estimate of drug-likeness (QED) is 0.312. The molecule has 5 heteroatoms. The first kappa shape index (κ1) is 27.2. The molecule has 3 fully saturated rings. The van der Waals surface area contributed by atoms with Crippen molar-refractivity contribution in [2.24, 2.45) is 11.8 Å². The largest absolute Gasteiger partial charge is 0.371 e. The summed E-state index contributed by atoms with van der Waals surface area (Å²) in [6.07, 6.45) is 9.53. The van der Waals surface area contributed by atoms with Gasteiger partial charge in [-0.3, -0.25) is 0 Å². The Morgan fingerprint density at radius 3 is 1.82 bits per heavy atom. The summed E-state index contributed by atoms with van der Waals surface area (Å²) in [5.74, 6) is 0.940. The first-order valence-electron chi connectivity index (χ1n) is 15.2. The molecule has 2 saturated heterocycles. The van der Waals surface area contributed by atoms with Crippen molar-refractivity contribution in [1.82, 2.24) is 4.90 Å². The summed E-state index contributed by atoms with van der Waals surface area (Å²) in [5.41, 5.74) is 2.16. The molecule has 0 bridgehead atoms. The summed E-state index contributed by atoms with van der Waals surface area (Å²) in [5, 5.41) is 10.7. The molecule has 0 N–H and O–H groups in total. The van der Waals surface area contributed by atoms with Crippen LogP contribution in [-0.2, 0) is 16.2 Å². The van der Waals surface area contributed by atoms with E-state index < -0.39 is 10.8 Å². The predicted molar refractivity (Wildman–Crippen MR) is 163 cm³/mol. The summed E-state index contributed by atoms with van der Waals surface area (Å²) < 4.78 is 12.9. The molecule has 4 nitrogen and oxygen atoms in total. The molecular formula is C35H41N3OS. The van der Waals surface area contributed by atoms with E-state index in [9.17, 15) is 9.47 Å². The Morgan fingerprint density at radius 2 is 1.23 bits per heavy atom. The lowest BCUT2D eigenvalue weighted by atomic mass is 9.60. The molecule has 0 aromatic heterocycles. The third kappa shape index (κ3) is 5.37. The number of likely N-dealkylation sites (tertiary alicyclic amines) is 1. The lowest BCUT2D eigenvalue weighted by molar-refractivity contribution is 0.0795. The van der Waals surface area contributed by atoms with E-state index in [2.05, 4.69) is 58.3 Å². The lowest BCUT2D eigenvalue weighted by Crippen LogP contribution is -2.51. The van der Waals surface area contributed by atoms with Crippen LogP contribution in [0.25, 0.3) is 0 Å². The number of hydrogen-bond acceptors (Lipinski definition) is 4. The molecule has 2 unspecified atom stereocenters. The van der Waals surface area contributed by atoms with Crippen molar-refractivity contribution < 1.29 is 4.21 Å². The van der Waals surface area contributed by atoms with Gasteiger partial charge in [-0.25, -0.2) is 4.21 Å². The van der Waals surface area contributed by atoms with Crippen molar-refractivity contribution in [2.75, 3.05) is 31.1 Å². The Bertz CT molecular complexity index is 1300. The van der Waals surface area contributed by atoms with E-state index in [0.717, 1.165) is 48.8 Å². The maximum atomic E-state index is 12.9. The van der Waals surface area contributed by atoms with Gasteiger partial charge in [0, 0.05) is 34.6 Å². The highest BCUT2D eigenvalue weighted by Crippen LogP contribution is 2.50. The molecule has 3 aliphatic rings. The first-order chi connectivity index (χ1) is 19.7. The van der Waals surface area contributed by atoms with Crippen LogP contribution in [0.5, 0.6) is 0 Å². The zero-order valence-corrected chi connectivity index (χ0v) is 24.3. The minimum absolute atomic E-state index is 0.330. The van der Waals surface area contributed by atoms with Gasteiger partial charge in [0.15, 0.2) is 0 Å². The van der Waals surface area contributed by atoms with Crippen LogP contribution in [0.15, 0.2) is 94.7 Å². The number of nitrogens with zero attached hydrogens (tertiary/aromatic N) is 3. The van der Waals surface area contributed by atoms with Crippen LogP contribution in [0.3, 0.4) is 0 Å². The number of piperidine rings is 2. The van der Waals surface area contributed by atoms with Crippen LogP contribution in [0, 0.1) is 23.2 Å². The van der Waals surface area contributed by atoms with Gasteiger partial charge in [0.05, 0.1) is 22.3 Å². The molecule has 2 heterocycles. The fraction of sp³-hybridized carbons (Fsp3) is 0.457. The van der Waals surface area contributed by atoms with E-state index in [0.29, 0.717) is 17.9 Å². The number of hydrogen-bond donors (Lipinski definition) is 0. The summed E-state index contributed by atoms with van der Waals surface area (Å²) in [6, 6.07) is 32.3. The van der Waals surface area contributed by atoms with Gasteiger partial charge >= 0.3 is 0 Å². The fourth-order valence-electron chi connectivity index (χ4n) is 7.82. The highest BCUT2D eigenvalue weighted by Gasteiger charge is 2.49. The van der Waals surface area contributed by atoms with Gasteiger partial charge in [-0.1, -0.05) is 61.4 Å². The van der Waals surface area contributed by atoms with E-state index in [1.54, 1.807) is 0 Å². The zero-order chi connectivity index (χ0) is 27.4. The highest BCUT2D eigenvalue weighted by molar-refractivity contribution is 7.85. The molecule has 0 amide bonds. The third-order valence-corrected chi connectivity index (χ3v) is 11.4. The summed E-state index contributed by atoms with van der Waals surface area (Å²) in [4.78, 5) is 6.91. The Hall–Kier alpha value is -2.94. The maximum Gasteiger partial charge on any atom is 0.0879 e. The van der Waals surface area contributed by atoms with Crippen LogP contribution in [0.1, 0.15) is 56.9 Å². The van der Waals surface area contributed by atoms with E-state index in [1.807, 2.05) is 42.5 Å². The molecule has 2 atom stereocenters. The fourth-order valence-corrected chi connectivity index (χ4v) is 8.88. The Kier molecular flexibility index (Phi) is 8.37. The predicted octanol–water partition coefficient (Wildman–Crippen LogP) is 7.19. The Labute approximate surface area is 242 Å². The van der Waals surface area contributed by atoms with Gasteiger partial charge in [0.2, 0.25) is 0 Å². The van der Waals surface area contributed by atoms with Crippen molar-refractivity contribution in [3.05, 3.63) is 90.5 Å². The number of benzene rings is 3. The smallest absolute Gasteiger partial charge is 0.0879 e.